The van der Waals surface area contributed by atoms with E-state index in [9.17, 15) is 9.59 Å². The van der Waals surface area contributed by atoms with Gasteiger partial charge in [0.15, 0.2) is 5.65 Å². The summed E-state index contributed by atoms with van der Waals surface area (Å²) in [6, 6.07) is 19.1. The Balaban J connectivity index is 1.65. The fraction of sp³-hybridized carbons (Fsp3) is 0.174. The van der Waals surface area contributed by atoms with Crippen LogP contribution in [0.5, 0.6) is 0 Å². The molecule has 0 unspecified atom stereocenters. The van der Waals surface area contributed by atoms with Crippen molar-refractivity contribution in [3.05, 3.63) is 94.0 Å². The number of benzene rings is 2. The maximum Gasteiger partial charge on any atom is 0.335 e. The summed E-state index contributed by atoms with van der Waals surface area (Å²) in [5.74, 6) is -0.220. The van der Waals surface area contributed by atoms with Gasteiger partial charge >= 0.3 is 5.69 Å². The van der Waals surface area contributed by atoms with E-state index < -0.39 is 0 Å². The molecular weight excluding hydrogens is 364 g/mol. The van der Waals surface area contributed by atoms with Crippen molar-refractivity contribution in [2.24, 2.45) is 0 Å². The number of aromatic nitrogens is 3. The minimum absolute atomic E-state index is 0.0637. The average molecular weight is 386 g/mol. The molecule has 0 atom stereocenters. The second-order valence-electron chi connectivity index (χ2n) is 7.09. The van der Waals surface area contributed by atoms with Gasteiger partial charge in [-0.25, -0.2) is 14.3 Å². The lowest BCUT2D eigenvalue weighted by molar-refractivity contribution is -0.121. The number of rotatable bonds is 5. The molecule has 0 aliphatic carbocycles. The van der Waals surface area contributed by atoms with Crippen molar-refractivity contribution in [1.29, 1.82) is 0 Å². The summed E-state index contributed by atoms with van der Waals surface area (Å²) in [6.45, 7) is 4.36. The maximum absolute atomic E-state index is 13.1. The molecular formula is C23H22N4O2. The number of carbonyl (C=O) groups is 1. The number of hydrogen-bond donors (Lipinski definition) is 1. The Morgan fingerprint density at radius 1 is 1.00 bits per heavy atom. The minimum Gasteiger partial charge on any atom is -0.350 e. The summed E-state index contributed by atoms with van der Waals surface area (Å²) in [5, 5.41) is 2.91. The van der Waals surface area contributed by atoms with Gasteiger partial charge in [0.05, 0.1) is 11.2 Å². The highest BCUT2D eigenvalue weighted by molar-refractivity contribution is 5.80. The zero-order chi connectivity index (χ0) is 20.4. The molecule has 6 heteroatoms. The molecule has 6 nitrogen and oxygen atoms in total. The molecule has 0 saturated carbocycles. The first-order valence-electron chi connectivity index (χ1n) is 9.49. The number of imidazole rings is 1. The van der Waals surface area contributed by atoms with E-state index >= 15 is 0 Å². The third-order valence-electron chi connectivity index (χ3n) is 5.02. The Bertz CT molecular complexity index is 1240. The summed E-state index contributed by atoms with van der Waals surface area (Å²) in [4.78, 5) is 30.1. The second kappa shape index (κ2) is 7.75. The summed E-state index contributed by atoms with van der Waals surface area (Å²) in [7, 11) is 0. The molecule has 0 fully saturated rings. The van der Waals surface area contributed by atoms with Crippen LogP contribution in [0.3, 0.4) is 0 Å². The van der Waals surface area contributed by atoms with E-state index in [0.29, 0.717) is 17.7 Å². The molecule has 146 valence electrons. The van der Waals surface area contributed by atoms with E-state index in [4.69, 9.17) is 0 Å². The first-order valence-corrected chi connectivity index (χ1v) is 9.49. The largest absolute Gasteiger partial charge is 0.350 e. The minimum atomic E-state index is -0.284. The van der Waals surface area contributed by atoms with Crippen LogP contribution in [0.25, 0.3) is 16.9 Å². The van der Waals surface area contributed by atoms with Gasteiger partial charge in [-0.15, -0.1) is 0 Å². The number of aryl methyl sites for hydroxylation is 2. The summed E-state index contributed by atoms with van der Waals surface area (Å²) >= 11 is 0. The van der Waals surface area contributed by atoms with E-state index in [1.54, 1.807) is 16.8 Å². The fourth-order valence-electron chi connectivity index (χ4n) is 3.37. The van der Waals surface area contributed by atoms with E-state index in [-0.39, 0.29) is 18.1 Å². The maximum atomic E-state index is 13.1. The van der Waals surface area contributed by atoms with Crippen LogP contribution < -0.4 is 11.0 Å². The molecule has 0 radical (unpaired) electrons. The quantitative estimate of drug-likeness (QED) is 0.573. The predicted molar refractivity (Wildman–Crippen MR) is 113 cm³/mol. The van der Waals surface area contributed by atoms with Crippen molar-refractivity contribution in [3.63, 3.8) is 0 Å². The molecule has 4 aromatic rings. The first kappa shape index (κ1) is 18.7. The number of pyridine rings is 1. The van der Waals surface area contributed by atoms with Crippen LogP contribution in [-0.2, 0) is 17.9 Å². The molecule has 0 aliphatic heterocycles. The van der Waals surface area contributed by atoms with Gasteiger partial charge in [-0.2, -0.15) is 0 Å². The van der Waals surface area contributed by atoms with Crippen molar-refractivity contribution in [2.45, 2.75) is 26.9 Å². The summed E-state index contributed by atoms with van der Waals surface area (Å²) < 4.78 is 3.01. The standard InChI is InChI=1S/C23H22N4O2/c1-16-9-11-19(12-10-16)27-22-20(8-5-13-24-22)26(23(27)29)15-21(28)25-14-18-7-4-3-6-17(18)2/h3-13H,14-15H2,1-2H3,(H,25,28). The fourth-order valence-corrected chi connectivity index (χ4v) is 3.37. The molecule has 1 N–H and O–H groups in total. The normalized spacial score (nSPS) is 11.0. The topological polar surface area (TPSA) is 68.9 Å². The van der Waals surface area contributed by atoms with Crippen LogP contribution in [-0.4, -0.2) is 20.0 Å². The molecule has 2 aromatic heterocycles. The zero-order valence-corrected chi connectivity index (χ0v) is 16.4. The lowest BCUT2D eigenvalue weighted by Crippen LogP contribution is -2.32. The van der Waals surface area contributed by atoms with Crippen LogP contribution >= 0.6 is 0 Å². The van der Waals surface area contributed by atoms with Crippen LogP contribution in [0.2, 0.25) is 0 Å². The Labute approximate surface area is 168 Å². The molecule has 2 heterocycles. The molecule has 2 aromatic carbocycles. The van der Waals surface area contributed by atoms with E-state index in [0.717, 1.165) is 22.4 Å². The van der Waals surface area contributed by atoms with E-state index in [1.165, 1.54) is 4.57 Å². The smallest absolute Gasteiger partial charge is 0.335 e. The lowest BCUT2D eigenvalue weighted by atomic mass is 10.1. The van der Waals surface area contributed by atoms with Crippen LogP contribution in [0.15, 0.2) is 71.7 Å². The van der Waals surface area contributed by atoms with Gasteiger partial charge in [-0.3, -0.25) is 9.36 Å². The van der Waals surface area contributed by atoms with E-state index in [1.807, 2.05) is 68.4 Å². The third-order valence-corrected chi connectivity index (χ3v) is 5.02. The number of nitrogens with one attached hydrogen (secondary N) is 1. The first-order chi connectivity index (χ1) is 14.0. The average Bonchev–Trinajstić information content (AvgIpc) is 3.00. The van der Waals surface area contributed by atoms with Gasteiger partial charge in [0.1, 0.15) is 6.54 Å². The number of hydrogen-bond acceptors (Lipinski definition) is 3. The number of carbonyl (C=O) groups excluding carboxylic acids is 1. The number of amides is 1. The molecule has 0 aliphatic rings. The summed E-state index contributed by atoms with van der Waals surface area (Å²) in [5.41, 5.74) is 4.88. The number of nitrogens with zero attached hydrogens (tertiary/aromatic N) is 3. The molecule has 0 bridgehead atoms. The Kier molecular flexibility index (Phi) is 4.99. The predicted octanol–water partition coefficient (Wildman–Crippen LogP) is 3.12. The monoisotopic (exact) mass is 386 g/mol. The highest BCUT2D eigenvalue weighted by Crippen LogP contribution is 2.16. The van der Waals surface area contributed by atoms with Crippen LogP contribution in [0.1, 0.15) is 16.7 Å². The van der Waals surface area contributed by atoms with Crippen molar-refractivity contribution in [3.8, 4) is 5.69 Å². The Hall–Kier alpha value is -3.67. The number of fused-ring (bicyclic) bond motifs is 1. The highest BCUT2D eigenvalue weighted by atomic mass is 16.2. The van der Waals surface area contributed by atoms with Crippen molar-refractivity contribution in [1.82, 2.24) is 19.4 Å². The molecule has 0 spiro atoms. The summed E-state index contributed by atoms with van der Waals surface area (Å²) in [6.07, 6.45) is 1.65. The van der Waals surface area contributed by atoms with Crippen LogP contribution in [0, 0.1) is 13.8 Å². The van der Waals surface area contributed by atoms with Gasteiger partial charge in [-0.1, -0.05) is 42.0 Å². The van der Waals surface area contributed by atoms with Gasteiger partial charge in [-0.05, 0) is 49.2 Å². The Morgan fingerprint density at radius 2 is 1.76 bits per heavy atom. The van der Waals surface area contributed by atoms with E-state index in [2.05, 4.69) is 10.3 Å². The third kappa shape index (κ3) is 3.69. The van der Waals surface area contributed by atoms with Crippen molar-refractivity contribution < 1.29 is 4.79 Å². The van der Waals surface area contributed by atoms with Gasteiger partial charge in [0, 0.05) is 12.7 Å². The van der Waals surface area contributed by atoms with Crippen molar-refractivity contribution in [2.75, 3.05) is 0 Å². The van der Waals surface area contributed by atoms with Crippen LogP contribution in [0.4, 0.5) is 0 Å². The second-order valence-corrected chi connectivity index (χ2v) is 7.09. The molecule has 1 amide bonds. The van der Waals surface area contributed by atoms with Gasteiger partial charge in [0.25, 0.3) is 0 Å². The Morgan fingerprint density at radius 3 is 2.52 bits per heavy atom. The highest BCUT2D eigenvalue weighted by Gasteiger charge is 2.17. The SMILES string of the molecule is Cc1ccc(-n2c(=O)n(CC(=O)NCc3ccccc3C)c3cccnc32)cc1. The lowest BCUT2D eigenvalue weighted by Gasteiger charge is -2.08. The van der Waals surface area contributed by atoms with Crippen molar-refractivity contribution >= 4 is 17.1 Å². The molecule has 0 saturated heterocycles. The zero-order valence-electron chi connectivity index (χ0n) is 16.4. The molecule has 4 rings (SSSR count). The van der Waals surface area contributed by atoms with Gasteiger partial charge in [0.2, 0.25) is 5.91 Å². The molecule has 29 heavy (non-hydrogen) atoms. The van der Waals surface area contributed by atoms with Gasteiger partial charge < -0.3 is 5.32 Å².